The Morgan fingerprint density at radius 2 is 1.85 bits per heavy atom. The van der Waals surface area contributed by atoms with Crippen molar-refractivity contribution >= 4 is 40.8 Å². The van der Waals surface area contributed by atoms with Gasteiger partial charge in [-0.2, -0.15) is 5.26 Å². The quantitative estimate of drug-likeness (QED) is 0.343. The molecule has 0 saturated heterocycles. The molecule has 7 heteroatoms. The van der Waals surface area contributed by atoms with E-state index in [1.165, 1.54) is 18.2 Å². The highest BCUT2D eigenvalue weighted by Crippen LogP contribution is 2.15. The minimum atomic E-state index is -0.355. The van der Waals surface area contributed by atoms with Crippen molar-refractivity contribution in [2.24, 2.45) is 4.99 Å². The Morgan fingerprint density at radius 1 is 1.11 bits per heavy atom. The molecule has 0 spiro atoms. The van der Waals surface area contributed by atoms with E-state index in [0.29, 0.717) is 23.6 Å². The second-order valence-electron chi connectivity index (χ2n) is 5.68. The number of guanidine groups is 1. The number of hydrogen-bond acceptors (Lipinski definition) is 3. The van der Waals surface area contributed by atoms with Crippen LogP contribution < -0.4 is 10.6 Å². The molecule has 2 aromatic carbocycles. The second kappa shape index (κ2) is 9.83. The topological polar surface area (TPSA) is 73.1 Å². The molecule has 2 N–H and O–H groups in total. The maximum absolute atomic E-state index is 13.9. The summed E-state index contributed by atoms with van der Waals surface area (Å²) in [7, 11) is 1.65. The van der Waals surface area contributed by atoms with Gasteiger partial charge in [-0.05, 0) is 35.9 Å². The molecule has 0 aliphatic rings. The number of rotatable bonds is 4. The molecule has 138 valence electrons. The lowest BCUT2D eigenvalue weighted by atomic mass is 10.1. The summed E-state index contributed by atoms with van der Waals surface area (Å²) in [5.74, 6) is 0.194. The Balaban J connectivity index is 0.00000261. The number of aromatic nitrogens is 1. The molecule has 1 heterocycles. The lowest BCUT2D eigenvalue weighted by molar-refractivity contribution is 0.604. The summed E-state index contributed by atoms with van der Waals surface area (Å²) in [5, 5.41) is 16.3. The zero-order valence-corrected chi connectivity index (χ0v) is 17.1. The van der Waals surface area contributed by atoms with Gasteiger partial charge in [0.1, 0.15) is 5.82 Å². The summed E-state index contributed by atoms with van der Waals surface area (Å²) >= 11 is 0. The lowest BCUT2D eigenvalue weighted by Gasteiger charge is -2.13. The van der Waals surface area contributed by atoms with E-state index in [1.807, 2.05) is 36.4 Å². The number of nitriles is 1. The van der Waals surface area contributed by atoms with Crippen LogP contribution in [0.15, 0.2) is 59.7 Å². The van der Waals surface area contributed by atoms with Gasteiger partial charge < -0.3 is 10.6 Å². The van der Waals surface area contributed by atoms with E-state index >= 15 is 0 Å². The van der Waals surface area contributed by atoms with E-state index in [1.54, 1.807) is 13.2 Å². The van der Waals surface area contributed by atoms with Crippen LogP contribution in [0, 0.1) is 17.1 Å². The van der Waals surface area contributed by atoms with Gasteiger partial charge in [0.25, 0.3) is 0 Å². The van der Waals surface area contributed by atoms with Crippen molar-refractivity contribution < 1.29 is 4.39 Å². The number of para-hydroxylation sites is 1. The van der Waals surface area contributed by atoms with Crippen LogP contribution in [-0.2, 0) is 13.1 Å². The van der Waals surface area contributed by atoms with Gasteiger partial charge in [-0.3, -0.25) is 9.98 Å². The van der Waals surface area contributed by atoms with Crippen LogP contribution in [0.1, 0.15) is 16.7 Å². The van der Waals surface area contributed by atoms with Crippen LogP contribution >= 0.6 is 24.0 Å². The van der Waals surface area contributed by atoms with Crippen LogP contribution in [0.25, 0.3) is 10.9 Å². The first-order valence-corrected chi connectivity index (χ1v) is 8.17. The molecule has 0 atom stereocenters. The summed E-state index contributed by atoms with van der Waals surface area (Å²) < 4.78 is 13.9. The summed E-state index contributed by atoms with van der Waals surface area (Å²) in [6.45, 7) is 0.793. The van der Waals surface area contributed by atoms with Gasteiger partial charge in [-0.25, -0.2) is 4.39 Å². The maximum Gasteiger partial charge on any atom is 0.191 e. The first kappa shape index (κ1) is 20.6. The van der Waals surface area contributed by atoms with Gasteiger partial charge in [0.2, 0.25) is 0 Å². The largest absolute Gasteiger partial charge is 0.352 e. The Hall–Kier alpha value is -2.73. The van der Waals surface area contributed by atoms with Gasteiger partial charge in [-0.15, -0.1) is 24.0 Å². The first-order valence-electron chi connectivity index (χ1n) is 8.17. The molecular formula is C20H19FIN5. The number of hydrogen-bond donors (Lipinski definition) is 2. The number of benzene rings is 2. The van der Waals surface area contributed by atoms with E-state index in [-0.39, 0.29) is 36.3 Å². The maximum atomic E-state index is 13.9. The highest BCUT2D eigenvalue weighted by molar-refractivity contribution is 14.0. The molecule has 0 bridgehead atoms. The molecule has 0 amide bonds. The summed E-state index contributed by atoms with van der Waals surface area (Å²) in [6, 6.07) is 16.2. The van der Waals surface area contributed by atoms with Gasteiger partial charge in [-0.1, -0.05) is 18.2 Å². The van der Waals surface area contributed by atoms with E-state index < -0.39 is 0 Å². The summed E-state index contributed by atoms with van der Waals surface area (Å²) in [6.07, 6.45) is 1.78. The van der Waals surface area contributed by atoms with Crippen molar-refractivity contribution in [2.45, 2.75) is 13.1 Å². The van der Waals surface area contributed by atoms with Gasteiger partial charge in [0, 0.05) is 37.3 Å². The van der Waals surface area contributed by atoms with Crippen molar-refractivity contribution in [3.63, 3.8) is 0 Å². The van der Waals surface area contributed by atoms with Gasteiger partial charge in [0.05, 0.1) is 17.1 Å². The average Bonchev–Trinajstić information content (AvgIpc) is 2.69. The van der Waals surface area contributed by atoms with Crippen LogP contribution in [0.2, 0.25) is 0 Å². The zero-order valence-electron chi connectivity index (χ0n) is 14.7. The molecule has 3 aromatic rings. The van der Waals surface area contributed by atoms with Gasteiger partial charge in [0.15, 0.2) is 5.96 Å². The standard InChI is InChI=1S/C20H18FN5.HI/c1-23-20(26-13-16-10-14(11-22)6-7-18(16)21)25-12-15-8-9-24-19-5-3-2-4-17(15)19;/h2-10H,12-13H2,1H3,(H2,23,25,26);1H. The predicted molar refractivity (Wildman–Crippen MR) is 115 cm³/mol. The molecule has 27 heavy (non-hydrogen) atoms. The summed E-state index contributed by atoms with van der Waals surface area (Å²) in [4.78, 5) is 8.51. The van der Waals surface area contributed by atoms with Crippen molar-refractivity contribution in [3.05, 3.63) is 77.2 Å². The van der Waals surface area contributed by atoms with Crippen LogP contribution in [-0.4, -0.2) is 18.0 Å². The van der Waals surface area contributed by atoms with Crippen LogP contribution in [0.3, 0.4) is 0 Å². The molecule has 0 saturated carbocycles. The van der Waals surface area contributed by atoms with Crippen molar-refractivity contribution in [1.29, 1.82) is 5.26 Å². The van der Waals surface area contributed by atoms with Crippen molar-refractivity contribution in [2.75, 3.05) is 7.05 Å². The molecule has 0 aliphatic carbocycles. The number of halogens is 2. The van der Waals surface area contributed by atoms with Crippen molar-refractivity contribution in [3.8, 4) is 6.07 Å². The van der Waals surface area contributed by atoms with E-state index in [2.05, 4.69) is 20.6 Å². The fourth-order valence-corrected chi connectivity index (χ4v) is 2.67. The van der Waals surface area contributed by atoms with E-state index in [9.17, 15) is 4.39 Å². The molecule has 1 aromatic heterocycles. The SMILES string of the molecule is CN=C(NCc1cc(C#N)ccc1F)NCc1ccnc2ccccc12.I. The molecule has 5 nitrogen and oxygen atoms in total. The number of aliphatic imine (C=N–C) groups is 1. The van der Waals surface area contributed by atoms with E-state index in [0.717, 1.165) is 16.5 Å². The molecule has 0 fully saturated rings. The predicted octanol–water partition coefficient (Wildman–Crippen LogP) is 3.73. The molecular weight excluding hydrogens is 456 g/mol. The third kappa shape index (κ3) is 5.14. The Labute approximate surface area is 174 Å². The normalized spacial score (nSPS) is 10.8. The molecule has 0 radical (unpaired) electrons. The monoisotopic (exact) mass is 475 g/mol. The Bertz CT molecular complexity index is 992. The highest BCUT2D eigenvalue weighted by atomic mass is 127. The smallest absolute Gasteiger partial charge is 0.191 e. The van der Waals surface area contributed by atoms with Crippen molar-refractivity contribution in [1.82, 2.24) is 15.6 Å². The number of pyridine rings is 1. The zero-order chi connectivity index (χ0) is 18.4. The summed E-state index contributed by atoms with van der Waals surface area (Å²) in [5.41, 5.74) is 2.87. The highest BCUT2D eigenvalue weighted by Gasteiger charge is 2.06. The van der Waals surface area contributed by atoms with Crippen LogP contribution in [0.4, 0.5) is 4.39 Å². The second-order valence-corrected chi connectivity index (χ2v) is 5.68. The average molecular weight is 475 g/mol. The Morgan fingerprint density at radius 3 is 2.59 bits per heavy atom. The number of nitrogens with zero attached hydrogens (tertiary/aromatic N) is 3. The first-order chi connectivity index (χ1) is 12.7. The Kier molecular flexibility index (Phi) is 7.49. The third-order valence-electron chi connectivity index (χ3n) is 4.03. The fourth-order valence-electron chi connectivity index (χ4n) is 2.67. The molecule has 3 rings (SSSR count). The van der Waals surface area contributed by atoms with Gasteiger partial charge >= 0.3 is 0 Å². The van der Waals surface area contributed by atoms with Crippen LogP contribution in [0.5, 0.6) is 0 Å². The minimum absolute atomic E-state index is 0. The van der Waals surface area contributed by atoms with E-state index in [4.69, 9.17) is 5.26 Å². The molecule has 0 aliphatic heterocycles. The number of nitrogens with one attached hydrogen (secondary N) is 2. The molecule has 0 unspecified atom stereocenters. The lowest BCUT2D eigenvalue weighted by Crippen LogP contribution is -2.36. The fraction of sp³-hybridized carbons (Fsp3) is 0.150. The number of fused-ring (bicyclic) bond motifs is 1. The third-order valence-corrected chi connectivity index (χ3v) is 4.03. The minimum Gasteiger partial charge on any atom is -0.352 e.